The summed E-state index contributed by atoms with van der Waals surface area (Å²) in [5.41, 5.74) is 0. The van der Waals surface area contributed by atoms with E-state index in [0.717, 1.165) is 0 Å². The zero-order valence-corrected chi connectivity index (χ0v) is 10.5. The second kappa shape index (κ2) is 5.97. The molecule has 0 spiro atoms. The first kappa shape index (κ1) is 11.4. The Hall–Kier alpha value is 0.394. The predicted molar refractivity (Wildman–Crippen MR) is 55.8 cm³/mol. The van der Waals surface area contributed by atoms with Crippen LogP contribution >= 0.6 is 0 Å². The Morgan fingerprint density at radius 3 is 1.73 bits per heavy atom. The van der Waals surface area contributed by atoms with Crippen LogP contribution in [0.1, 0.15) is 19.8 Å². The molecule has 0 saturated carbocycles. The fourth-order valence-electron chi connectivity index (χ4n) is 1.11. The molecule has 0 bridgehead atoms. The van der Waals surface area contributed by atoms with Crippen LogP contribution < -0.4 is 0 Å². The van der Waals surface area contributed by atoms with Crippen molar-refractivity contribution in [3.63, 3.8) is 0 Å². The summed E-state index contributed by atoms with van der Waals surface area (Å²) in [4.78, 5) is 0. The SMILES string of the molecule is CCCC[O+]([Si](C)C)[Si](C)C. The Morgan fingerprint density at radius 1 is 1.00 bits per heavy atom. The van der Waals surface area contributed by atoms with E-state index in [-0.39, 0.29) is 18.1 Å². The lowest BCUT2D eigenvalue weighted by Gasteiger charge is -2.27. The van der Waals surface area contributed by atoms with Crippen LogP contribution in [0.25, 0.3) is 0 Å². The van der Waals surface area contributed by atoms with E-state index in [9.17, 15) is 0 Å². The molecule has 0 aliphatic heterocycles. The minimum Gasteiger partial charge on any atom is -0.614 e. The van der Waals surface area contributed by atoms with E-state index in [1.165, 1.54) is 19.4 Å². The molecule has 0 aromatic rings. The highest BCUT2D eigenvalue weighted by atomic mass is 28.4. The van der Waals surface area contributed by atoms with Gasteiger partial charge in [0.1, 0.15) is 6.61 Å². The van der Waals surface area contributed by atoms with E-state index in [4.69, 9.17) is 0 Å². The third-order valence-corrected chi connectivity index (χ3v) is 6.52. The van der Waals surface area contributed by atoms with Crippen LogP contribution in [0.3, 0.4) is 0 Å². The van der Waals surface area contributed by atoms with E-state index >= 15 is 0 Å². The third-order valence-electron chi connectivity index (χ3n) is 1.69. The van der Waals surface area contributed by atoms with Crippen molar-refractivity contribution in [2.75, 3.05) is 6.61 Å². The fourth-order valence-corrected chi connectivity index (χ4v) is 5.48. The highest BCUT2D eigenvalue weighted by Gasteiger charge is 2.24. The van der Waals surface area contributed by atoms with Crippen molar-refractivity contribution >= 4 is 18.1 Å². The van der Waals surface area contributed by atoms with E-state index in [0.29, 0.717) is 0 Å². The third kappa shape index (κ3) is 4.77. The van der Waals surface area contributed by atoms with Gasteiger partial charge in [-0.2, -0.15) is 0 Å². The average Bonchev–Trinajstić information content (AvgIpc) is 1.87. The van der Waals surface area contributed by atoms with Gasteiger partial charge in [0, 0.05) is 32.6 Å². The molecule has 0 N–H and O–H groups in total. The molecule has 0 aromatic carbocycles. The lowest BCUT2D eigenvalue weighted by atomic mass is 10.4. The van der Waals surface area contributed by atoms with Gasteiger partial charge in [-0.15, -0.1) is 0 Å². The summed E-state index contributed by atoms with van der Waals surface area (Å²) in [6, 6.07) is 0. The molecule has 0 aliphatic carbocycles. The Balaban J connectivity index is 3.70. The minimum absolute atomic E-state index is 0.250. The normalized spacial score (nSPS) is 12.0. The Bertz CT molecular complexity index is 86.1. The summed E-state index contributed by atoms with van der Waals surface area (Å²) < 4.78 is 3.55. The first-order chi connectivity index (χ1) is 5.09. The van der Waals surface area contributed by atoms with E-state index in [1.54, 1.807) is 0 Å². The van der Waals surface area contributed by atoms with Crippen LogP contribution in [-0.4, -0.2) is 24.7 Å². The van der Waals surface area contributed by atoms with E-state index < -0.39 is 0 Å². The molecule has 0 rings (SSSR count). The zero-order chi connectivity index (χ0) is 8.85. The summed E-state index contributed by atoms with van der Waals surface area (Å²) >= 11 is 0. The molecule has 66 valence electrons. The summed E-state index contributed by atoms with van der Waals surface area (Å²) in [7, 11) is -0.499. The Kier molecular flexibility index (Phi) is 6.18. The second-order valence-electron chi connectivity index (χ2n) is 3.26. The molecule has 0 aliphatic rings. The predicted octanol–water partition coefficient (Wildman–Crippen LogP) is 2.84. The summed E-state index contributed by atoms with van der Waals surface area (Å²) in [6.45, 7) is 13.0. The molecule has 0 aromatic heterocycles. The maximum absolute atomic E-state index is 3.55. The lowest BCUT2D eigenvalue weighted by Crippen LogP contribution is -2.35. The van der Waals surface area contributed by atoms with Gasteiger partial charge in [0.05, 0.1) is 0 Å². The van der Waals surface area contributed by atoms with Gasteiger partial charge < -0.3 is 3.75 Å². The number of hydrogen-bond donors (Lipinski definition) is 0. The summed E-state index contributed by atoms with van der Waals surface area (Å²) in [5, 5.41) is 0. The summed E-state index contributed by atoms with van der Waals surface area (Å²) in [6.07, 6.45) is 2.66. The van der Waals surface area contributed by atoms with Gasteiger partial charge >= 0.3 is 18.1 Å². The molecule has 0 fully saturated rings. The van der Waals surface area contributed by atoms with Crippen LogP contribution in [0.4, 0.5) is 0 Å². The molecule has 0 saturated heterocycles. The monoisotopic (exact) mass is 189 g/mol. The molecule has 3 heteroatoms. The highest BCUT2D eigenvalue weighted by molar-refractivity contribution is 6.64. The van der Waals surface area contributed by atoms with Crippen LogP contribution in [0.2, 0.25) is 26.2 Å². The van der Waals surface area contributed by atoms with Gasteiger partial charge in [-0.25, -0.2) is 0 Å². The first-order valence-corrected chi connectivity index (χ1v) is 9.22. The van der Waals surface area contributed by atoms with Crippen LogP contribution in [-0.2, 0) is 3.75 Å². The molecular weight excluding hydrogens is 168 g/mol. The van der Waals surface area contributed by atoms with Crippen LogP contribution in [0.15, 0.2) is 0 Å². The van der Waals surface area contributed by atoms with Crippen molar-refractivity contribution in [2.24, 2.45) is 0 Å². The van der Waals surface area contributed by atoms with Crippen molar-refractivity contribution in [1.82, 2.24) is 0 Å². The fraction of sp³-hybridized carbons (Fsp3) is 1.00. The van der Waals surface area contributed by atoms with Gasteiger partial charge in [-0.1, -0.05) is 6.92 Å². The first-order valence-electron chi connectivity index (χ1n) is 4.40. The molecule has 0 heterocycles. The number of hydrogen-bond acceptors (Lipinski definition) is 0. The van der Waals surface area contributed by atoms with Crippen molar-refractivity contribution < 1.29 is 3.75 Å². The molecule has 0 atom stereocenters. The van der Waals surface area contributed by atoms with E-state index in [1.807, 2.05) is 0 Å². The van der Waals surface area contributed by atoms with Crippen molar-refractivity contribution in [3.8, 4) is 0 Å². The van der Waals surface area contributed by atoms with Gasteiger partial charge in [0.2, 0.25) is 0 Å². The molecule has 11 heavy (non-hydrogen) atoms. The van der Waals surface area contributed by atoms with Crippen molar-refractivity contribution in [2.45, 2.75) is 46.0 Å². The maximum atomic E-state index is 3.55. The standard InChI is InChI=1S/C8H21OSi2/c1-6-7-8-9(10(2)3)11(4)5/h6-8H2,1-5H3/q+1. The van der Waals surface area contributed by atoms with Crippen LogP contribution in [0.5, 0.6) is 0 Å². The number of unbranched alkanes of at least 4 members (excludes halogenated alkanes) is 1. The second-order valence-corrected chi connectivity index (χ2v) is 8.29. The number of rotatable bonds is 5. The molecule has 0 unspecified atom stereocenters. The zero-order valence-electron chi connectivity index (χ0n) is 8.53. The minimum atomic E-state index is -0.250. The average molecular weight is 189 g/mol. The maximum Gasteiger partial charge on any atom is 0.426 e. The smallest absolute Gasteiger partial charge is 0.426 e. The van der Waals surface area contributed by atoms with Crippen LogP contribution in [0, 0.1) is 0 Å². The lowest BCUT2D eigenvalue weighted by molar-refractivity contribution is 0.174. The van der Waals surface area contributed by atoms with Crippen molar-refractivity contribution in [3.05, 3.63) is 0 Å². The van der Waals surface area contributed by atoms with Gasteiger partial charge in [-0.05, 0) is 6.42 Å². The van der Waals surface area contributed by atoms with Gasteiger partial charge in [0.15, 0.2) is 0 Å². The van der Waals surface area contributed by atoms with Gasteiger partial charge in [-0.3, -0.25) is 0 Å². The summed E-state index contributed by atoms with van der Waals surface area (Å²) in [5.74, 6) is 0. The molecule has 2 radical (unpaired) electrons. The largest absolute Gasteiger partial charge is 0.614 e. The molecular formula is C8H21OSi2+. The molecule has 1 nitrogen and oxygen atoms in total. The molecule has 0 amide bonds. The van der Waals surface area contributed by atoms with E-state index in [2.05, 4.69) is 36.9 Å². The van der Waals surface area contributed by atoms with Crippen molar-refractivity contribution in [1.29, 1.82) is 0 Å². The Morgan fingerprint density at radius 2 is 1.45 bits per heavy atom. The topological polar surface area (TPSA) is 2.70 Å². The highest BCUT2D eigenvalue weighted by Crippen LogP contribution is 2.08. The quantitative estimate of drug-likeness (QED) is 0.462. The Labute approximate surface area is 74.9 Å². The van der Waals surface area contributed by atoms with Gasteiger partial charge in [0.25, 0.3) is 0 Å².